The molecule has 0 amide bonds. The van der Waals surface area contributed by atoms with Gasteiger partial charge in [-0.2, -0.15) is 0 Å². The molecule has 7 heteroatoms. The first kappa shape index (κ1) is 21.2. The second kappa shape index (κ2) is 7.06. The van der Waals surface area contributed by atoms with Crippen molar-refractivity contribution in [3.05, 3.63) is 112 Å². The van der Waals surface area contributed by atoms with E-state index in [0.29, 0.717) is 16.5 Å². The number of rotatable bonds is 4. The second-order valence-corrected chi connectivity index (χ2v) is 9.02. The third kappa shape index (κ3) is 2.63. The molecule has 6 nitrogen and oxygen atoms in total. The average Bonchev–Trinajstić information content (AvgIpc) is 3.46. The molecule has 1 aromatic heterocycles. The number of carbonyl (C=O) groups excluding carboxylic acids is 3. The second-order valence-electron chi connectivity index (χ2n) is 9.02. The summed E-state index contributed by atoms with van der Waals surface area (Å²) in [6.07, 6.45) is 0. The van der Waals surface area contributed by atoms with Crippen LogP contribution in [0.15, 0.2) is 88.1 Å². The molecule has 0 radical (unpaired) electrons. The van der Waals surface area contributed by atoms with E-state index < -0.39 is 45.7 Å². The summed E-state index contributed by atoms with van der Waals surface area (Å²) in [5.41, 5.74) is -3.82. The number of para-hydroxylation sites is 2. The molecule has 4 aromatic rings. The zero-order valence-electron chi connectivity index (χ0n) is 18.4. The summed E-state index contributed by atoms with van der Waals surface area (Å²) in [7, 11) is 0. The number of ketones is 2. The zero-order chi connectivity index (χ0) is 24.5. The molecule has 0 unspecified atom stereocenters. The van der Waals surface area contributed by atoms with Crippen molar-refractivity contribution in [2.24, 2.45) is 10.8 Å². The van der Waals surface area contributed by atoms with E-state index >= 15 is 0 Å². The van der Waals surface area contributed by atoms with Gasteiger partial charge < -0.3 is 9.15 Å². The van der Waals surface area contributed by atoms with E-state index in [0.717, 1.165) is 12.1 Å². The Morgan fingerprint density at radius 1 is 0.886 bits per heavy atom. The van der Waals surface area contributed by atoms with Crippen molar-refractivity contribution in [1.82, 2.24) is 0 Å². The molecule has 1 saturated carbocycles. The highest BCUT2D eigenvalue weighted by Crippen LogP contribution is 2.79. The Morgan fingerprint density at radius 3 is 2.34 bits per heavy atom. The lowest BCUT2D eigenvalue weighted by Gasteiger charge is -2.22. The minimum atomic E-state index is -1.97. The fraction of sp³-hybridized carbons (Fsp3) is 0.143. The normalized spacial score (nSPS) is 24.3. The quantitative estimate of drug-likeness (QED) is 0.142. The van der Waals surface area contributed by atoms with Gasteiger partial charge in [-0.15, -0.1) is 0 Å². The number of benzene rings is 3. The summed E-state index contributed by atoms with van der Waals surface area (Å²) in [6.45, 7) is 1.52. The van der Waals surface area contributed by atoms with Crippen molar-refractivity contribution in [2.75, 3.05) is 0 Å². The highest BCUT2D eigenvalue weighted by molar-refractivity contribution is 6.25. The monoisotopic (exact) mass is 468 g/mol. The van der Waals surface area contributed by atoms with Gasteiger partial charge in [-0.1, -0.05) is 43.3 Å². The number of Topliss-reactive ketones (excluding diaryl/α,β-unsaturated/α-hetero) is 2. The van der Waals surface area contributed by atoms with Gasteiger partial charge in [-0.3, -0.25) is 14.4 Å². The molecule has 2 aliphatic rings. The summed E-state index contributed by atoms with van der Waals surface area (Å²) < 4.78 is 24.4. The van der Waals surface area contributed by atoms with E-state index in [2.05, 4.69) is 0 Å². The number of halogens is 1. The van der Waals surface area contributed by atoms with Crippen LogP contribution in [0.2, 0.25) is 0 Å². The largest absolute Gasteiger partial charge is 0.425 e. The van der Waals surface area contributed by atoms with Gasteiger partial charge in [0.25, 0.3) is 0 Å². The first-order valence-electron chi connectivity index (χ1n) is 11.0. The number of hydrogen-bond acceptors (Lipinski definition) is 6. The van der Waals surface area contributed by atoms with Crippen LogP contribution in [0.3, 0.4) is 0 Å². The summed E-state index contributed by atoms with van der Waals surface area (Å²) in [4.78, 5) is 54.3. The van der Waals surface area contributed by atoms with Crippen LogP contribution in [-0.2, 0) is 4.79 Å². The fourth-order valence-electron chi connectivity index (χ4n) is 5.59. The third-order valence-corrected chi connectivity index (χ3v) is 7.32. The Kier molecular flexibility index (Phi) is 4.27. The Bertz CT molecular complexity index is 1640. The van der Waals surface area contributed by atoms with Crippen LogP contribution in [0.4, 0.5) is 4.39 Å². The van der Waals surface area contributed by atoms with Crippen LogP contribution >= 0.6 is 0 Å². The first-order valence-corrected chi connectivity index (χ1v) is 11.0. The maximum Gasteiger partial charge on any atom is 0.347 e. The van der Waals surface area contributed by atoms with E-state index in [1.165, 1.54) is 25.1 Å². The summed E-state index contributed by atoms with van der Waals surface area (Å²) in [5.74, 6) is -3.40. The maximum atomic E-state index is 14.1. The average molecular weight is 468 g/mol. The molecular weight excluding hydrogens is 451 g/mol. The van der Waals surface area contributed by atoms with Crippen molar-refractivity contribution in [2.45, 2.75) is 12.8 Å². The third-order valence-electron chi connectivity index (χ3n) is 7.32. The lowest BCUT2D eigenvalue weighted by molar-refractivity contribution is -0.140. The zero-order valence-corrected chi connectivity index (χ0v) is 18.4. The molecule has 0 N–H and O–H groups in total. The molecule has 2 heterocycles. The Morgan fingerprint density at radius 2 is 1.57 bits per heavy atom. The highest BCUT2D eigenvalue weighted by Gasteiger charge is 2.87. The first-order chi connectivity index (χ1) is 16.8. The number of ether oxygens (including phenoxy) is 1. The van der Waals surface area contributed by atoms with Crippen molar-refractivity contribution in [3.63, 3.8) is 0 Å². The molecule has 3 aromatic carbocycles. The SMILES string of the molecule is C[C@@]1(C(=O)c2ccc(F)cc2)[C@H]2c3ccccc3OC(=O)[C@@]21C(=O)c1cc2ccccc2oc1=O. The molecule has 0 bridgehead atoms. The van der Waals surface area contributed by atoms with Gasteiger partial charge >= 0.3 is 11.6 Å². The lowest BCUT2D eigenvalue weighted by atomic mass is 9.82. The van der Waals surface area contributed by atoms with E-state index in [-0.39, 0.29) is 16.9 Å². The van der Waals surface area contributed by atoms with Crippen molar-refractivity contribution >= 4 is 28.5 Å². The number of esters is 1. The van der Waals surface area contributed by atoms with Crippen molar-refractivity contribution in [1.29, 1.82) is 0 Å². The maximum absolute atomic E-state index is 14.1. The molecule has 0 spiro atoms. The molecule has 1 aliphatic heterocycles. The molecule has 6 rings (SSSR count). The summed E-state index contributed by atoms with van der Waals surface area (Å²) in [6, 6.07) is 19.7. The predicted octanol–water partition coefficient (Wildman–Crippen LogP) is 4.71. The topological polar surface area (TPSA) is 90.7 Å². The van der Waals surface area contributed by atoms with E-state index in [9.17, 15) is 23.6 Å². The standard InChI is InChI=1S/C28H17FO6/c1-27(23(30)15-10-12-17(29)13-11-15)22-18-7-3-5-9-21(18)35-26(33)28(22,27)24(31)19-14-16-6-2-4-8-20(16)34-25(19)32/h2-14,22H,1H3/t22-,27+,28+/m1/s1. The smallest absolute Gasteiger partial charge is 0.347 e. The molecule has 172 valence electrons. The van der Waals surface area contributed by atoms with Gasteiger partial charge in [0.05, 0.1) is 5.41 Å². The Hall–Kier alpha value is -4.39. The highest BCUT2D eigenvalue weighted by atomic mass is 19.1. The van der Waals surface area contributed by atoms with Crippen LogP contribution in [-0.4, -0.2) is 17.5 Å². The number of hydrogen-bond donors (Lipinski definition) is 0. The number of carbonyl (C=O) groups is 3. The molecule has 35 heavy (non-hydrogen) atoms. The summed E-state index contributed by atoms with van der Waals surface area (Å²) in [5, 5.41) is 0.500. The molecule has 0 saturated heterocycles. The van der Waals surface area contributed by atoms with Gasteiger partial charge in [0.1, 0.15) is 22.7 Å². The van der Waals surface area contributed by atoms with Crippen LogP contribution in [0.1, 0.15) is 39.1 Å². The van der Waals surface area contributed by atoms with E-state index in [4.69, 9.17) is 9.15 Å². The van der Waals surface area contributed by atoms with Crippen LogP contribution < -0.4 is 10.4 Å². The lowest BCUT2D eigenvalue weighted by Crippen LogP contribution is -2.40. The van der Waals surface area contributed by atoms with Gasteiger partial charge in [-0.25, -0.2) is 9.18 Å². The van der Waals surface area contributed by atoms with Gasteiger partial charge in [0, 0.05) is 22.4 Å². The van der Waals surface area contributed by atoms with E-state index in [1.54, 1.807) is 48.5 Å². The van der Waals surface area contributed by atoms with Gasteiger partial charge in [-0.05, 0) is 42.5 Å². The van der Waals surface area contributed by atoms with Gasteiger partial charge in [0.15, 0.2) is 17.0 Å². The fourth-order valence-corrected chi connectivity index (χ4v) is 5.59. The van der Waals surface area contributed by atoms with Crippen LogP contribution in [0.5, 0.6) is 5.75 Å². The molecule has 1 fully saturated rings. The van der Waals surface area contributed by atoms with Crippen LogP contribution in [0.25, 0.3) is 11.0 Å². The van der Waals surface area contributed by atoms with Crippen molar-refractivity contribution in [3.8, 4) is 5.75 Å². The van der Waals surface area contributed by atoms with Crippen LogP contribution in [0, 0.1) is 16.6 Å². The van der Waals surface area contributed by atoms with Gasteiger partial charge in [0.2, 0.25) is 0 Å². The Labute approximate surface area is 198 Å². The van der Waals surface area contributed by atoms with E-state index in [1.807, 2.05) is 0 Å². The molecule has 3 atom stereocenters. The minimum absolute atomic E-state index is 0.145. The predicted molar refractivity (Wildman–Crippen MR) is 123 cm³/mol. The molecular formula is C28H17FO6. The Balaban J connectivity index is 1.58. The van der Waals surface area contributed by atoms with Crippen molar-refractivity contribution < 1.29 is 27.9 Å². The summed E-state index contributed by atoms with van der Waals surface area (Å²) >= 11 is 0. The number of fused-ring (bicyclic) bond motifs is 4. The minimum Gasteiger partial charge on any atom is -0.425 e. The molecule has 1 aliphatic carbocycles.